The fourth-order valence-corrected chi connectivity index (χ4v) is 4.61. The number of nitrogens with zero attached hydrogens (tertiary/aromatic N) is 5. The Hall–Kier alpha value is -3.41. The van der Waals surface area contributed by atoms with Crippen molar-refractivity contribution in [1.82, 2.24) is 14.8 Å². The minimum atomic E-state index is -4.83. The number of carbonyl (C=O) groups excluding carboxylic acids is 1. The molecule has 1 aromatic heterocycles. The van der Waals surface area contributed by atoms with Crippen LogP contribution in [-0.4, -0.2) is 77.5 Å². The lowest BCUT2D eigenvalue weighted by Crippen LogP contribution is -2.47. The van der Waals surface area contributed by atoms with Crippen molar-refractivity contribution in [2.45, 2.75) is 32.0 Å². The number of pyridine rings is 1. The van der Waals surface area contributed by atoms with E-state index < -0.39 is 22.4 Å². The van der Waals surface area contributed by atoms with Crippen molar-refractivity contribution >= 4 is 23.1 Å². The van der Waals surface area contributed by atoms with E-state index in [4.69, 9.17) is 0 Å². The highest BCUT2D eigenvalue weighted by Gasteiger charge is 2.38. The largest absolute Gasteiger partial charge is 0.423 e. The fourth-order valence-electron chi connectivity index (χ4n) is 4.61. The number of benzene rings is 1. The highest BCUT2D eigenvalue weighted by Crippen LogP contribution is 2.37. The third kappa shape index (κ3) is 6.23. The molecule has 0 saturated carbocycles. The van der Waals surface area contributed by atoms with Gasteiger partial charge in [-0.25, -0.2) is 4.98 Å². The number of hydrogen-bond acceptors (Lipinski definition) is 7. The third-order valence-electron chi connectivity index (χ3n) is 6.64. The Kier molecular flexibility index (Phi) is 7.62. The number of halogens is 3. The molecule has 2 fully saturated rings. The van der Waals surface area contributed by atoms with Crippen LogP contribution < -0.4 is 10.2 Å². The molecular weight excluding hydrogens is 477 g/mol. The molecule has 1 aromatic carbocycles. The number of rotatable bonds is 7. The molecule has 4 rings (SSSR count). The average Bonchev–Trinajstić information content (AvgIpc) is 3.31. The first-order chi connectivity index (χ1) is 17.1. The molecule has 3 heterocycles. The maximum absolute atomic E-state index is 13.2. The molecule has 2 aliphatic heterocycles. The van der Waals surface area contributed by atoms with Gasteiger partial charge in [0.2, 0.25) is 5.91 Å². The lowest BCUT2D eigenvalue weighted by atomic mass is 10.1. The van der Waals surface area contributed by atoms with Gasteiger partial charge in [-0.1, -0.05) is 6.07 Å². The Morgan fingerprint density at radius 1 is 1.17 bits per heavy atom. The van der Waals surface area contributed by atoms with Crippen molar-refractivity contribution in [3.63, 3.8) is 0 Å². The molecule has 2 aromatic rings. The van der Waals surface area contributed by atoms with E-state index in [1.165, 1.54) is 6.07 Å². The van der Waals surface area contributed by atoms with Crippen molar-refractivity contribution in [2.24, 2.45) is 0 Å². The van der Waals surface area contributed by atoms with Gasteiger partial charge in [0.05, 0.1) is 4.92 Å². The van der Waals surface area contributed by atoms with Gasteiger partial charge in [0.25, 0.3) is 5.69 Å². The molecule has 194 valence electrons. The second-order valence-electron chi connectivity index (χ2n) is 9.23. The fraction of sp³-hybridized carbons (Fsp3) is 0.500. The Bertz CT molecular complexity index is 1090. The molecule has 2 saturated heterocycles. The van der Waals surface area contributed by atoms with Crippen LogP contribution in [0.3, 0.4) is 0 Å². The van der Waals surface area contributed by atoms with E-state index in [2.05, 4.69) is 20.1 Å². The van der Waals surface area contributed by atoms with E-state index in [0.29, 0.717) is 32.5 Å². The van der Waals surface area contributed by atoms with Gasteiger partial charge >= 0.3 is 6.18 Å². The molecule has 0 aliphatic carbocycles. The summed E-state index contributed by atoms with van der Waals surface area (Å²) in [4.78, 5) is 33.3. The predicted octanol–water partition coefficient (Wildman–Crippen LogP) is 3.54. The summed E-state index contributed by atoms with van der Waals surface area (Å²) in [5.74, 6) is 0.976. The van der Waals surface area contributed by atoms with Crippen LogP contribution >= 0.6 is 0 Å². The molecule has 9 nitrogen and oxygen atoms in total. The zero-order valence-corrected chi connectivity index (χ0v) is 20.0. The minimum Gasteiger partial charge on any atom is -0.380 e. The van der Waals surface area contributed by atoms with E-state index in [1.54, 1.807) is 4.90 Å². The molecule has 1 atom stereocenters. The molecule has 2 aliphatic rings. The van der Waals surface area contributed by atoms with Crippen molar-refractivity contribution in [1.29, 1.82) is 0 Å². The van der Waals surface area contributed by atoms with Gasteiger partial charge in [0.15, 0.2) is 0 Å². The highest BCUT2D eigenvalue weighted by molar-refractivity contribution is 5.77. The van der Waals surface area contributed by atoms with Crippen molar-refractivity contribution in [2.75, 3.05) is 56.0 Å². The molecular formula is C24H29F3N6O3. The summed E-state index contributed by atoms with van der Waals surface area (Å²) in [5.41, 5.74) is -1.00. The van der Waals surface area contributed by atoms with Crippen LogP contribution in [-0.2, 0) is 11.0 Å². The summed E-state index contributed by atoms with van der Waals surface area (Å²) < 4.78 is 39.7. The van der Waals surface area contributed by atoms with Crippen molar-refractivity contribution < 1.29 is 22.9 Å². The third-order valence-corrected chi connectivity index (χ3v) is 6.64. The number of carbonyl (C=O) groups is 1. The van der Waals surface area contributed by atoms with Crippen LogP contribution in [0.15, 0.2) is 36.5 Å². The monoisotopic (exact) mass is 506 g/mol. The normalized spacial score (nSPS) is 18.9. The summed E-state index contributed by atoms with van der Waals surface area (Å²) in [6, 6.07) is 6.73. The number of nitrogens with one attached hydrogen (secondary N) is 1. The summed E-state index contributed by atoms with van der Waals surface area (Å²) >= 11 is 0. The second kappa shape index (κ2) is 10.7. The average molecular weight is 507 g/mol. The summed E-state index contributed by atoms with van der Waals surface area (Å²) in [6.07, 6.45) is -2.01. The number of aryl methyl sites for hydroxylation is 1. The maximum atomic E-state index is 13.2. The quantitative estimate of drug-likeness (QED) is 0.453. The SMILES string of the molecule is Cc1ccc(N2CCN(CCC(=O)N3CC[C@@H](Nc4ccc([N+](=O)[O-])c(C(F)(F)F)c4)C3)CC2)nc1. The molecule has 1 N–H and O–H groups in total. The van der Waals surface area contributed by atoms with Crippen LogP contribution in [0.2, 0.25) is 0 Å². The van der Waals surface area contributed by atoms with E-state index in [0.717, 1.165) is 49.7 Å². The van der Waals surface area contributed by atoms with Gasteiger partial charge in [0, 0.05) is 76.2 Å². The number of alkyl halides is 3. The Morgan fingerprint density at radius 3 is 2.56 bits per heavy atom. The topological polar surface area (TPSA) is 94.8 Å². The van der Waals surface area contributed by atoms with E-state index >= 15 is 0 Å². The van der Waals surface area contributed by atoms with Gasteiger partial charge in [0.1, 0.15) is 11.4 Å². The molecule has 1 amide bonds. The number of amides is 1. The molecule has 12 heteroatoms. The number of piperazine rings is 1. The van der Waals surface area contributed by atoms with Gasteiger partial charge in [-0.3, -0.25) is 19.8 Å². The second-order valence-corrected chi connectivity index (χ2v) is 9.23. The maximum Gasteiger partial charge on any atom is 0.423 e. The number of likely N-dealkylation sites (tertiary alicyclic amines) is 1. The van der Waals surface area contributed by atoms with Crippen LogP contribution in [0.4, 0.5) is 30.4 Å². The lowest BCUT2D eigenvalue weighted by Gasteiger charge is -2.35. The number of nitro benzene ring substituents is 1. The molecule has 0 unspecified atom stereocenters. The van der Waals surface area contributed by atoms with Gasteiger partial charge in [-0.2, -0.15) is 13.2 Å². The van der Waals surface area contributed by atoms with Crippen LogP contribution in [0.25, 0.3) is 0 Å². The zero-order chi connectivity index (χ0) is 25.9. The van der Waals surface area contributed by atoms with Gasteiger partial charge in [-0.05, 0) is 37.1 Å². The Balaban J connectivity index is 1.23. The first kappa shape index (κ1) is 25.7. The van der Waals surface area contributed by atoms with E-state index in [1.807, 2.05) is 25.3 Å². The molecule has 0 spiro atoms. The molecule has 0 radical (unpaired) electrons. The summed E-state index contributed by atoms with van der Waals surface area (Å²) in [6.45, 7) is 6.92. The van der Waals surface area contributed by atoms with Crippen molar-refractivity contribution in [3.8, 4) is 0 Å². The highest BCUT2D eigenvalue weighted by atomic mass is 19.4. The molecule has 36 heavy (non-hydrogen) atoms. The standard InChI is InChI=1S/C24H29F3N6O3/c1-17-2-5-22(28-15-17)31-12-10-30(11-13-31)8-7-23(34)32-9-6-19(16-32)29-18-3-4-21(33(35)36)20(14-18)24(25,26)27/h2-5,14-15,19,29H,6-13,16H2,1H3/t19-/m1/s1. The number of anilines is 2. The number of hydrogen-bond donors (Lipinski definition) is 1. The van der Waals surface area contributed by atoms with Crippen LogP contribution in [0.5, 0.6) is 0 Å². The lowest BCUT2D eigenvalue weighted by molar-refractivity contribution is -0.388. The van der Waals surface area contributed by atoms with Crippen molar-refractivity contribution in [3.05, 3.63) is 57.8 Å². The minimum absolute atomic E-state index is 0.0154. The van der Waals surface area contributed by atoms with Crippen LogP contribution in [0.1, 0.15) is 24.0 Å². The smallest absolute Gasteiger partial charge is 0.380 e. The first-order valence-electron chi connectivity index (χ1n) is 11.9. The zero-order valence-electron chi connectivity index (χ0n) is 20.0. The van der Waals surface area contributed by atoms with Gasteiger partial charge in [-0.15, -0.1) is 0 Å². The van der Waals surface area contributed by atoms with E-state index in [9.17, 15) is 28.1 Å². The first-order valence-corrected chi connectivity index (χ1v) is 11.9. The Labute approximate surface area is 207 Å². The van der Waals surface area contributed by atoms with Gasteiger partial charge < -0.3 is 15.1 Å². The summed E-state index contributed by atoms with van der Waals surface area (Å²) in [7, 11) is 0. The predicted molar refractivity (Wildman–Crippen MR) is 129 cm³/mol. The number of aromatic nitrogens is 1. The van der Waals surface area contributed by atoms with E-state index in [-0.39, 0.29) is 17.6 Å². The van der Waals surface area contributed by atoms with Crippen LogP contribution in [0, 0.1) is 17.0 Å². The Morgan fingerprint density at radius 2 is 1.92 bits per heavy atom. The molecule has 0 bridgehead atoms. The summed E-state index contributed by atoms with van der Waals surface area (Å²) in [5, 5.41) is 13.9. The number of nitro groups is 1.